The molecule has 3 aliphatic rings. The number of carbonyl (C=O) groups excluding carboxylic acids is 2. The summed E-state index contributed by atoms with van der Waals surface area (Å²) in [6.07, 6.45) is 3.82. The standard InChI is InChI=1S/C17H16ClNO3/c1-9-4-5-10(18)8-11(9)19-14(20)12-13(15(19)21)17(3)7-6-16(12,2)22-17/h4-8,12-13H,1-3H3/t12-,13+,16-,17-/m1/s1. The van der Waals surface area contributed by atoms with E-state index >= 15 is 0 Å². The van der Waals surface area contributed by atoms with Crippen LogP contribution in [-0.4, -0.2) is 23.0 Å². The van der Waals surface area contributed by atoms with E-state index in [1.54, 1.807) is 12.1 Å². The van der Waals surface area contributed by atoms with E-state index in [9.17, 15) is 9.59 Å². The van der Waals surface area contributed by atoms with Gasteiger partial charge in [-0.3, -0.25) is 9.59 Å². The highest BCUT2D eigenvalue weighted by atomic mass is 35.5. The minimum Gasteiger partial charge on any atom is -0.359 e. The van der Waals surface area contributed by atoms with Crippen LogP contribution in [0.1, 0.15) is 19.4 Å². The smallest absolute Gasteiger partial charge is 0.241 e. The van der Waals surface area contributed by atoms with Gasteiger partial charge < -0.3 is 4.74 Å². The number of nitrogens with zero attached hydrogens (tertiary/aromatic N) is 1. The van der Waals surface area contributed by atoms with Gasteiger partial charge in [0.25, 0.3) is 0 Å². The van der Waals surface area contributed by atoms with Crippen molar-refractivity contribution in [3.63, 3.8) is 0 Å². The fourth-order valence-corrected chi connectivity index (χ4v) is 4.26. The summed E-state index contributed by atoms with van der Waals surface area (Å²) in [7, 11) is 0. The Balaban J connectivity index is 1.85. The molecular formula is C17H16ClNO3. The van der Waals surface area contributed by atoms with Gasteiger partial charge in [-0.05, 0) is 38.5 Å². The maximum absolute atomic E-state index is 12.9. The highest BCUT2D eigenvalue weighted by Crippen LogP contribution is 2.57. The number of aryl methyl sites for hydroxylation is 1. The minimum absolute atomic E-state index is 0.198. The summed E-state index contributed by atoms with van der Waals surface area (Å²) in [4.78, 5) is 27.2. The van der Waals surface area contributed by atoms with Crippen molar-refractivity contribution in [3.8, 4) is 0 Å². The molecule has 2 amide bonds. The van der Waals surface area contributed by atoms with Gasteiger partial charge >= 0.3 is 0 Å². The SMILES string of the molecule is Cc1ccc(Cl)cc1N1C(=O)[C@@H]2[C@H](C1=O)[C@@]1(C)C=C[C@@]2(C)O1. The lowest BCUT2D eigenvalue weighted by atomic mass is 9.73. The average molecular weight is 318 g/mol. The number of ether oxygens (including phenoxy) is 1. The van der Waals surface area contributed by atoms with Crippen LogP contribution >= 0.6 is 11.6 Å². The van der Waals surface area contributed by atoms with Crippen molar-refractivity contribution in [2.75, 3.05) is 4.90 Å². The third kappa shape index (κ3) is 1.52. The maximum atomic E-state index is 12.9. The Hall–Kier alpha value is -1.65. The van der Waals surface area contributed by atoms with E-state index in [2.05, 4.69) is 0 Å². The second-order valence-corrected chi connectivity index (χ2v) is 7.14. The Morgan fingerprint density at radius 1 is 1.09 bits per heavy atom. The summed E-state index contributed by atoms with van der Waals surface area (Å²) in [6.45, 7) is 5.62. The number of hydrogen-bond donors (Lipinski definition) is 0. The van der Waals surface area contributed by atoms with Gasteiger partial charge in [-0.25, -0.2) is 4.90 Å². The van der Waals surface area contributed by atoms with Gasteiger partial charge in [0.05, 0.1) is 28.7 Å². The monoisotopic (exact) mass is 317 g/mol. The van der Waals surface area contributed by atoms with Crippen LogP contribution in [0.5, 0.6) is 0 Å². The average Bonchev–Trinajstić information content (AvgIpc) is 2.98. The van der Waals surface area contributed by atoms with Crippen molar-refractivity contribution in [1.29, 1.82) is 0 Å². The Kier molecular flexibility index (Phi) is 2.54. The second kappa shape index (κ2) is 4.00. The van der Waals surface area contributed by atoms with Crippen LogP contribution in [0, 0.1) is 18.8 Å². The molecule has 0 aromatic heterocycles. The van der Waals surface area contributed by atoms with Gasteiger partial charge in [0.15, 0.2) is 0 Å². The van der Waals surface area contributed by atoms with Crippen molar-refractivity contribution < 1.29 is 14.3 Å². The van der Waals surface area contributed by atoms with Gasteiger partial charge in [-0.2, -0.15) is 0 Å². The number of hydrogen-bond acceptors (Lipinski definition) is 3. The van der Waals surface area contributed by atoms with Crippen molar-refractivity contribution in [2.45, 2.75) is 32.0 Å². The molecule has 0 saturated carbocycles. The Bertz CT molecular complexity index is 722. The first-order valence-electron chi connectivity index (χ1n) is 7.31. The van der Waals surface area contributed by atoms with Gasteiger partial charge in [0, 0.05) is 5.02 Å². The van der Waals surface area contributed by atoms with Crippen LogP contribution < -0.4 is 4.90 Å². The fraction of sp³-hybridized carbons (Fsp3) is 0.412. The molecule has 0 spiro atoms. The molecule has 2 bridgehead atoms. The number of anilines is 1. The molecule has 0 radical (unpaired) electrons. The van der Waals surface area contributed by atoms with E-state index in [1.807, 2.05) is 39.0 Å². The van der Waals surface area contributed by atoms with E-state index in [1.165, 1.54) is 4.90 Å². The number of amides is 2. The van der Waals surface area contributed by atoms with Crippen LogP contribution in [0.4, 0.5) is 5.69 Å². The number of benzene rings is 1. The highest BCUT2D eigenvalue weighted by Gasteiger charge is 2.70. The first-order valence-corrected chi connectivity index (χ1v) is 7.69. The third-order valence-electron chi connectivity index (χ3n) is 5.14. The topological polar surface area (TPSA) is 46.6 Å². The molecule has 3 heterocycles. The molecule has 2 saturated heterocycles. The molecule has 0 aliphatic carbocycles. The maximum Gasteiger partial charge on any atom is 0.241 e. The largest absolute Gasteiger partial charge is 0.359 e. The predicted molar refractivity (Wildman–Crippen MR) is 82.7 cm³/mol. The summed E-state index contributed by atoms with van der Waals surface area (Å²) in [5, 5.41) is 0.507. The van der Waals surface area contributed by atoms with Crippen LogP contribution in [-0.2, 0) is 14.3 Å². The molecule has 4 rings (SSSR count). The minimum atomic E-state index is -0.701. The highest BCUT2D eigenvalue weighted by molar-refractivity contribution is 6.31. The molecule has 1 aromatic rings. The first-order chi connectivity index (χ1) is 10.3. The van der Waals surface area contributed by atoms with E-state index in [0.717, 1.165) is 5.56 Å². The van der Waals surface area contributed by atoms with Crippen LogP contribution in [0.25, 0.3) is 0 Å². The molecule has 22 heavy (non-hydrogen) atoms. The van der Waals surface area contributed by atoms with Crippen LogP contribution in [0.3, 0.4) is 0 Å². The molecule has 4 nitrogen and oxygen atoms in total. The Labute approximate surface area is 133 Å². The lowest BCUT2D eigenvalue weighted by Crippen LogP contribution is -2.39. The Morgan fingerprint density at radius 2 is 1.64 bits per heavy atom. The number of carbonyl (C=O) groups is 2. The Morgan fingerprint density at radius 3 is 2.18 bits per heavy atom. The molecule has 0 unspecified atom stereocenters. The second-order valence-electron chi connectivity index (χ2n) is 6.70. The quantitative estimate of drug-likeness (QED) is 0.591. The number of fused-ring (bicyclic) bond motifs is 5. The zero-order valence-corrected chi connectivity index (χ0v) is 13.3. The molecule has 0 N–H and O–H groups in total. The summed E-state index contributed by atoms with van der Waals surface area (Å²) < 4.78 is 5.99. The first kappa shape index (κ1) is 14.0. The fourth-order valence-electron chi connectivity index (χ4n) is 4.09. The number of imide groups is 1. The van der Waals surface area contributed by atoms with Crippen molar-refractivity contribution in [3.05, 3.63) is 40.9 Å². The normalized spacial score (nSPS) is 39.0. The van der Waals surface area contributed by atoms with E-state index in [4.69, 9.17) is 16.3 Å². The lowest BCUT2D eigenvalue weighted by molar-refractivity contribution is -0.128. The van der Waals surface area contributed by atoms with Gasteiger partial charge in [0.1, 0.15) is 0 Å². The zero-order chi connectivity index (χ0) is 15.9. The molecule has 3 aliphatic heterocycles. The van der Waals surface area contributed by atoms with Crippen molar-refractivity contribution >= 4 is 29.1 Å². The number of rotatable bonds is 1. The van der Waals surface area contributed by atoms with Gasteiger partial charge in [-0.1, -0.05) is 29.8 Å². The summed E-state index contributed by atoms with van der Waals surface area (Å²) in [5.74, 6) is -1.33. The van der Waals surface area contributed by atoms with E-state index in [0.29, 0.717) is 10.7 Å². The van der Waals surface area contributed by atoms with Gasteiger partial charge in [0.2, 0.25) is 11.8 Å². The molecule has 114 valence electrons. The molecule has 1 aromatic carbocycles. The molecular weight excluding hydrogens is 302 g/mol. The van der Waals surface area contributed by atoms with Crippen molar-refractivity contribution in [2.24, 2.45) is 11.8 Å². The van der Waals surface area contributed by atoms with Crippen molar-refractivity contribution in [1.82, 2.24) is 0 Å². The zero-order valence-electron chi connectivity index (χ0n) is 12.6. The predicted octanol–water partition coefficient (Wildman–Crippen LogP) is 2.87. The van der Waals surface area contributed by atoms with Gasteiger partial charge in [-0.15, -0.1) is 0 Å². The summed E-state index contributed by atoms with van der Waals surface area (Å²) >= 11 is 6.05. The van der Waals surface area contributed by atoms with Crippen LogP contribution in [0.15, 0.2) is 30.4 Å². The molecule has 4 atom stereocenters. The van der Waals surface area contributed by atoms with E-state index < -0.39 is 23.0 Å². The third-order valence-corrected chi connectivity index (χ3v) is 5.37. The van der Waals surface area contributed by atoms with Crippen LogP contribution in [0.2, 0.25) is 5.02 Å². The summed E-state index contributed by atoms with van der Waals surface area (Å²) in [6, 6.07) is 5.25. The lowest BCUT2D eigenvalue weighted by Gasteiger charge is -2.26. The van der Waals surface area contributed by atoms with E-state index in [-0.39, 0.29) is 11.8 Å². The molecule has 2 fully saturated rings. The molecule has 5 heteroatoms. The number of halogens is 1. The summed E-state index contributed by atoms with van der Waals surface area (Å²) in [5.41, 5.74) is 0.0203.